The fourth-order valence-corrected chi connectivity index (χ4v) is 2.44. The second-order valence-electron chi connectivity index (χ2n) is 6.28. The van der Waals surface area contributed by atoms with E-state index >= 15 is 0 Å². The van der Waals surface area contributed by atoms with E-state index in [1.165, 1.54) is 0 Å². The molecule has 7 heteroatoms. The van der Waals surface area contributed by atoms with Gasteiger partial charge in [0.05, 0.1) is 28.5 Å². The first kappa shape index (κ1) is 29.1. The number of hydrogen-bond acceptors (Lipinski definition) is 4. The molecular weight excluding hydrogens is 484 g/mol. The average Bonchev–Trinajstić information content (AvgIpc) is 2.75. The van der Waals surface area contributed by atoms with Crippen LogP contribution in [0.2, 0.25) is 5.15 Å². The molecule has 0 aliphatic heterocycles. The Morgan fingerprint density at radius 2 is 1.23 bits per heavy atom. The molecule has 4 rings (SSSR count). The molecule has 0 spiro atoms. The Bertz CT molecular complexity index is 992. The van der Waals surface area contributed by atoms with Crippen LogP contribution < -0.4 is 17.0 Å². The van der Waals surface area contributed by atoms with E-state index < -0.39 is 0 Å². The number of rotatable bonds is 1. The summed E-state index contributed by atoms with van der Waals surface area (Å²) in [5, 5.41) is 0.495. The van der Waals surface area contributed by atoms with Crippen LogP contribution in [0.4, 0.5) is 0 Å². The molecule has 4 aromatic rings. The van der Waals surface area contributed by atoms with Gasteiger partial charge in [-0.15, -0.1) is 0 Å². The Hall–Kier alpha value is -1.86. The predicted molar refractivity (Wildman–Crippen MR) is 124 cm³/mol. The molecule has 31 heavy (non-hydrogen) atoms. The Morgan fingerprint density at radius 1 is 0.710 bits per heavy atom. The smallest absolute Gasteiger partial charge is 1.00 e. The van der Waals surface area contributed by atoms with Crippen molar-refractivity contribution in [3.05, 3.63) is 107 Å². The predicted octanol–water partition coefficient (Wildman–Crippen LogP) is 2.62. The standard InChI is InChI=1S/C12H12N2.C6H7ClN2.C6H5.BrH.Mg/c1-9-8-13-10(2)12(14-9)11-6-4-3-5-7-11;1-4-3-8-5(2)6(7)9-4;1-2-4-6-5-3-1;;/h3-8H,1-2H3;3H,1-2H3;1-5H;1H;/q;;-1;;+2/p-1. The van der Waals surface area contributed by atoms with E-state index in [-0.39, 0.29) is 40.0 Å². The van der Waals surface area contributed by atoms with Crippen LogP contribution in [0.25, 0.3) is 11.3 Å². The fraction of sp³-hybridized carbons (Fsp3) is 0.167. The zero-order chi connectivity index (χ0) is 21.1. The molecular formula is C24H24BrClMgN4. The van der Waals surface area contributed by atoms with Gasteiger partial charge in [0.25, 0.3) is 0 Å². The van der Waals surface area contributed by atoms with E-state index in [0.717, 1.165) is 34.0 Å². The fourth-order valence-electron chi connectivity index (χ4n) is 2.26. The van der Waals surface area contributed by atoms with E-state index in [1.807, 2.05) is 76.2 Å². The van der Waals surface area contributed by atoms with Gasteiger partial charge in [-0.2, -0.15) is 36.4 Å². The Kier molecular flexibility index (Phi) is 14.9. The molecule has 0 saturated heterocycles. The number of aryl methyl sites for hydroxylation is 4. The van der Waals surface area contributed by atoms with Crippen molar-refractivity contribution in [2.24, 2.45) is 0 Å². The quantitative estimate of drug-likeness (QED) is 0.293. The Labute approximate surface area is 216 Å². The minimum absolute atomic E-state index is 0. The van der Waals surface area contributed by atoms with E-state index in [0.29, 0.717) is 5.15 Å². The first-order valence-corrected chi connectivity index (χ1v) is 9.57. The summed E-state index contributed by atoms with van der Waals surface area (Å²) < 4.78 is 0. The van der Waals surface area contributed by atoms with E-state index in [4.69, 9.17) is 11.6 Å². The van der Waals surface area contributed by atoms with Gasteiger partial charge in [0.1, 0.15) is 0 Å². The summed E-state index contributed by atoms with van der Waals surface area (Å²) >= 11 is 5.64. The summed E-state index contributed by atoms with van der Waals surface area (Å²) in [6, 6.07) is 22.6. The van der Waals surface area contributed by atoms with Gasteiger partial charge in [-0.25, -0.2) is 9.97 Å². The third-order valence-corrected chi connectivity index (χ3v) is 4.11. The minimum atomic E-state index is 0. The van der Waals surface area contributed by atoms with Gasteiger partial charge in [0.15, 0.2) is 5.15 Å². The summed E-state index contributed by atoms with van der Waals surface area (Å²) in [4.78, 5) is 16.7. The normalized spacial score (nSPS) is 8.94. The number of hydrogen-bond donors (Lipinski definition) is 0. The molecule has 0 fully saturated rings. The molecule has 0 unspecified atom stereocenters. The number of aromatic nitrogens is 4. The summed E-state index contributed by atoms with van der Waals surface area (Å²) in [5.74, 6) is 0. The maximum atomic E-state index is 5.64. The third kappa shape index (κ3) is 10.8. The second kappa shape index (κ2) is 15.9. The molecule has 156 valence electrons. The van der Waals surface area contributed by atoms with E-state index in [1.54, 1.807) is 12.4 Å². The summed E-state index contributed by atoms with van der Waals surface area (Å²) in [6.45, 7) is 7.63. The molecule has 2 aromatic carbocycles. The zero-order valence-electron chi connectivity index (χ0n) is 18.2. The van der Waals surface area contributed by atoms with E-state index in [2.05, 4.69) is 38.1 Å². The topological polar surface area (TPSA) is 51.6 Å². The molecule has 2 aromatic heterocycles. The first-order chi connectivity index (χ1) is 14.0. The SMILES string of the molecule is Cc1cnc(C)c(-c2ccccc2)n1.Cc1cnc(C)c(Cl)n1.[Br-].[Mg+2].[c-]1ccccc1. The van der Waals surface area contributed by atoms with E-state index in [9.17, 15) is 0 Å². The molecule has 0 aliphatic carbocycles. The molecule has 4 nitrogen and oxygen atoms in total. The van der Waals surface area contributed by atoms with Crippen LogP contribution in [-0.4, -0.2) is 43.0 Å². The van der Waals surface area contributed by atoms with Gasteiger partial charge in [-0.1, -0.05) is 41.9 Å². The van der Waals surface area contributed by atoms with Crippen molar-refractivity contribution in [2.45, 2.75) is 27.7 Å². The maximum absolute atomic E-state index is 5.64. The molecule has 2 heterocycles. The molecule has 0 aliphatic rings. The molecule has 0 amide bonds. The van der Waals surface area contributed by atoms with Gasteiger partial charge in [-0.3, -0.25) is 9.97 Å². The molecule has 0 atom stereocenters. The van der Waals surface area contributed by atoms with Crippen molar-refractivity contribution in [2.75, 3.05) is 0 Å². The van der Waals surface area contributed by atoms with Crippen LogP contribution in [0.15, 0.2) is 73.1 Å². The average molecular weight is 508 g/mol. The van der Waals surface area contributed by atoms with Crippen molar-refractivity contribution in [3.8, 4) is 11.3 Å². The Morgan fingerprint density at radius 3 is 1.68 bits per heavy atom. The maximum Gasteiger partial charge on any atom is 2.00 e. The summed E-state index contributed by atoms with van der Waals surface area (Å²) in [5.41, 5.74) is 5.66. The molecule has 0 N–H and O–H groups in total. The van der Waals surface area contributed by atoms with Crippen molar-refractivity contribution in [3.63, 3.8) is 0 Å². The van der Waals surface area contributed by atoms with Crippen LogP contribution >= 0.6 is 11.6 Å². The van der Waals surface area contributed by atoms with Crippen molar-refractivity contribution < 1.29 is 17.0 Å². The number of halogens is 2. The van der Waals surface area contributed by atoms with Crippen molar-refractivity contribution >= 4 is 34.7 Å². The van der Waals surface area contributed by atoms with Crippen molar-refractivity contribution in [1.82, 2.24) is 19.9 Å². The number of nitrogens with zero attached hydrogens (tertiary/aromatic N) is 4. The third-order valence-electron chi connectivity index (χ3n) is 3.75. The first-order valence-electron chi connectivity index (χ1n) is 9.20. The Balaban J connectivity index is 0.000000459. The van der Waals surface area contributed by atoms with Crippen LogP contribution in [0.1, 0.15) is 22.8 Å². The zero-order valence-corrected chi connectivity index (χ0v) is 21.9. The second-order valence-corrected chi connectivity index (χ2v) is 6.63. The van der Waals surface area contributed by atoms with Crippen LogP contribution in [0, 0.1) is 33.8 Å². The van der Waals surface area contributed by atoms with Gasteiger partial charge in [-0.05, 0) is 27.7 Å². The van der Waals surface area contributed by atoms with Gasteiger partial charge in [0.2, 0.25) is 0 Å². The summed E-state index contributed by atoms with van der Waals surface area (Å²) in [7, 11) is 0. The van der Waals surface area contributed by atoms with Crippen LogP contribution in [0.5, 0.6) is 0 Å². The van der Waals surface area contributed by atoms with Gasteiger partial charge < -0.3 is 17.0 Å². The monoisotopic (exact) mass is 506 g/mol. The molecule has 0 radical (unpaired) electrons. The van der Waals surface area contributed by atoms with Crippen LogP contribution in [-0.2, 0) is 0 Å². The summed E-state index contributed by atoms with van der Waals surface area (Å²) in [6.07, 6.45) is 3.49. The minimum Gasteiger partial charge on any atom is -1.00 e. The van der Waals surface area contributed by atoms with Gasteiger partial charge in [0, 0.05) is 18.0 Å². The molecule has 0 saturated carbocycles. The van der Waals surface area contributed by atoms with Crippen molar-refractivity contribution in [1.29, 1.82) is 0 Å². The largest absolute Gasteiger partial charge is 2.00 e. The van der Waals surface area contributed by atoms with Crippen LogP contribution in [0.3, 0.4) is 0 Å². The van der Waals surface area contributed by atoms with Gasteiger partial charge >= 0.3 is 23.1 Å². The number of benzene rings is 2. The molecule has 0 bridgehead atoms.